The molecule has 0 bridgehead atoms. The van der Waals surface area contributed by atoms with Crippen LogP contribution in [0.25, 0.3) is 5.69 Å². The van der Waals surface area contributed by atoms with Crippen molar-refractivity contribution in [2.45, 2.75) is 32.2 Å². The molecule has 0 aliphatic carbocycles. The molecule has 3 heterocycles. The Morgan fingerprint density at radius 2 is 2.10 bits per heavy atom. The average molecular weight is 411 g/mol. The van der Waals surface area contributed by atoms with E-state index in [-0.39, 0.29) is 24.3 Å². The third kappa shape index (κ3) is 4.04. The number of carbonyl (C=O) groups excluding carboxylic acids is 2. The number of anilines is 1. The van der Waals surface area contributed by atoms with Gasteiger partial charge in [-0.05, 0) is 31.0 Å². The molecule has 0 radical (unpaired) electrons. The largest absolute Gasteiger partial charge is 0.339 e. The molecular formula is C20H22N6O2S. The van der Waals surface area contributed by atoms with E-state index in [2.05, 4.69) is 15.1 Å². The number of likely N-dealkylation sites (N-methyl/N-ethyl adjacent to an activating group) is 1. The van der Waals surface area contributed by atoms with Gasteiger partial charge in [0.05, 0.1) is 23.8 Å². The van der Waals surface area contributed by atoms with Crippen LogP contribution in [0.15, 0.2) is 42.3 Å². The SMILES string of the molecule is C[C@@H](c1ccc(-n2cncn2)cc1)N(C)C(=O)Cc1csc(N2CCCC2=O)n1. The Hall–Kier alpha value is -3.07. The van der Waals surface area contributed by atoms with Gasteiger partial charge in [-0.15, -0.1) is 11.3 Å². The summed E-state index contributed by atoms with van der Waals surface area (Å²) in [6, 6.07) is 7.82. The van der Waals surface area contributed by atoms with Crippen molar-refractivity contribution >= 4 is 28.3 Å². The Balaban J connectivity index is 1.40. The fourth-order valence-electron chi connectivity index (χ4n) is 3.32. The third-order valence-electron chi connectivity index (χ3n) is 5.21. The lowest BCUT2D eigenvalue weighted by atomic mass is 10.1. The van der Waals surface area contributed by atoms with E-state index in [4.69, 9.17) is 0 Å². The van der Waals surface area contributed by atoms with Gasteiger partial charge < -0.3 is 4.90 Å². The summed E-state index contributed by atoms with van der Waals surface area (Å²) in [5.41, 5.74) is 2.65. The average Bonchev–Trinajstić information content (AvgIpc) is 3.49. The molecule has 1 saturated heterocycles. The van der Waals surface area contributed by atoms with E-state index in [0.717, 1.165) is 17.7 Å². The molecule has 2 aromatic heterocycles. The number of nitrogens with zero attached hydrogens (tertiary/aromatic N) is 6. The number of carbonyl (C=O) groups is 2. The number of hydrogen-bond acceptors (Lipinski definition) is 6. The summed E-state index contributed by atoms with van der Waals surface area (Å²) in [6.07, 6.45) is 4.79. The molecule has 4 rings (SSSR count). The predicted octanol–water partition coefficient (Wildman–Crippen LogP) is 2.61. The van der Waals surface area contributed by atoms with Crippen molar-refractivity contribution in [1.82, 2.24) is 24.6 Å². The molecule has 3 aromatic rings. The van der Waals surface area contributed by atoms with Crippen molar-refractivity contribution < 1.29 is 9.59 Å². The van der Waals surface area contributed by atoms with Crippen molar-refractivity contribution in [2.75, 3.05) is 18.5 Å². The van der Waals surface area contributed by atoms with Gasteiger partial charge in [0.1, 0.15) is 12.7 Å². The minimum absolute atomic E-state index is 0.0116. The molecule has 8 nitrogen and oxygen atoms in total. The van der Waals surface area contributed by atoms with Crippen molar-refractivity contribution in [3.63, 3.8) is 0 Å². The number of rotatable bonds is 6. The second-order valence-corrected chi connectivity index (χ2v) is 7.90. The lowest BCUT2D eigenvalue weighted by molar-refractivity contribution is -0.131. The zero-order valence-electron chi connectivity index (χ0n) is 16.4. The van der Waals surface area contributed by atoms with E-state index < -0.39 is 0 Å². The van der Waals surface area contributed by atoms with E-state index in [9.17, 15) is 9.59 Å². The van der Waals surface area contributed by atoms with Gasteiger partial charge in [0.25, 0.3) is 0 Å². The molecule has 0 unspecified atom stereocenters. The van der Waals surface area contributed by atoms with Crippen LogP contribution in [0, 0.1) is 0 Å². The summed E-state index contributed by atoms with van der Waals surface area (Å²) in [4.78, 5) is 36.5. The summed E-state index contributed by atoms with van der Waals surface area (Å²) in [7, 11) is 1.80. The second kappa shape index (κ2) is 8.12. The lowest BCUT2D eigenvalue weighted by Gasteiger charge is -2.25. The summed E-state index contributed by atoms with van der Waals surface area (Å²) < 4.78 is 1.69. The first kappa shape index (κ1) is 19.3. The molecule has 2 amide bonds. The molecule has 1 aliphatic heterocycles. The Morgan fingerprint density at radius 1 is 1.31 bits per heavy atom. The Labute approximate surface area is 172 Å². The van der Waals surface area contributed by atoms with E-state index in [0.29, 0.717) is 23.8 Å². The van der Waals surface area contributed by atoms with Gasteiger partial charge in [0.2, 0.25) is 11.8 Å². The highest BCUT2D eigenvalue weighted by Crippen LogP contribution is 2.26. The molecule has 0 spiro atoms. The lowest BCUT2D eigenvalue weighted by Crippen LogP contribution is -2.31. The van der Waals surface area contributed by atoms with E-state index in [1.54, 1.807) is 27.9 Å². The van der Waals surface area contributed by atoms with Crippen LogP contribution >= 0.6 is 11.3 Å². The highest BCUT2D eigenvalue weighted by Gasteiger charge is 2.25. The standard InChI is InChI=1S/C20H22N6O2S/c1-14(15-5-7-17(8-6-15)26-13-21-12-22-26)24(2)19(28)10-16-11-29-20(23-16)25-9-3-4-18(25)27/h5-8,11-14H,3-4,9-10H2,1-2H3/t14-/m0/s1. The van der Waals surface area contributed by atoms with Gasteiger partial charge in [-0.1, -0.05) is 12.1 Å². The van der Waals surface area contributed by atoms with Gasteiger partial charge in [0, 0.05) is 25.4 Å². The van der Waals surface area contributed by atoms with Crippen molar-refractivity contribution in [2.24, 2.45) is 0 Å². The molecule has 1 aromatic carbocycles. The monoisotopic (exact) mass is 410 g/mol. The van der Waals surface area contributed by atoms with Crippen LogP contribution in [0.2, 0.25) is 0 Å². The molecule has 29 heavy (non-hydrogen) atoms. The molecule has 1 atom stereocenters. The number of hydrogen-bond donors (Lipinski definition) is 0. The number of amides is 2. The van der Waals surface area contributed by atoms with Gasteiger partial charge in [-0.25, -0.2) is 14.6 Å². The van der Waals surface area contributed by atoms with Gasteiger partial charge in [-0.3, -0.25) is 14.5 Å². The number of aromatic nitrogens is 4. The second-order valence-electron chi connectivity index (χ2n) is 7.06. The smallest absolute Gasteiger partial charge is 0.228 e. The minimum Gasteiger partial charge on any atom is -0.339 e. The zero-order chi connectivity index (χ0) is 20.4. The van der Waals surface area contributed by atoms with Crippen LogP contribution in [-0.4, -0.2) is 50.1 Å². The maximum absolute atomic E-state index is 12.8. The molecule has 0 saturated carbocycles. The Bertz CT molecular complexity index is 998. The van der Waals surface area contributed by atoms with Crippen molar-refractivity contribution in [3.8, 4) is 5.69 Å². The van der Waals surface area contributed by atoms with Crippen LogP contribution in [0.5, 0.6) is 0 Å². The highest BCUT2D eigenvalue weighted by molar-refractivity contribution is 7.14. The first-order chi connectivity index (χ1) is 14.0. The fraction of sp³-hybridized carbons (Fsp3) is 0.350. The topological polar surface area (TPSA) is 84.2 Å². The molecular weight excluding hydrogens is 388 g/mol. The molecule has 150 valence electrons. The first-order valence-corrected chi connectivity index (χ1v) is 10.4. The van der Waals surface area contributed by atoms with Crippen molar-refractivity contribution in [3.05, 3.63) is 53.6 Å². The van der Waals surface area contributed by atoms with Gasteiger partial charge in [0.15, 0.2) is 5.13 Å². The van der Waals surface area contributed by atoms with E-state index in [1.165, 1.54) is 17.7 Å². The zero-order valence-corrected chi connectivity index (χ0v) is 17.2. The normalized spacial score (nSPS) is 15.0. The van der Waals surface area contributed by atoms with Crippen LogP contribution in [-0.2, 0) is 16.0 Å². The third-order valence-corrected chi connectivity index (χ3v) is 6.12. The summed E-state index contributed by atoms with van der Waals surface area (Å²) >= 11 is 1.42. The van der Waals surface area contributed by atoms with Gasteiger partial charge in [-0.2, -0.15) is 5.10 Å². The quantitative estimate of drug-likeness (QED) is 0.624. The van der Waals surface area contributed by atoms with Crippen LogP contribution in [0.1, 0.15) is 37.1 Å². The first-order valence-electron chi connectivity index (χ1n) is 9.48. The predicted molar refractivity (Wildman–Crippen MR) is 110 cm³/mol. The van der Waals surface area contributed by atoms with Crippen molar-refractivity contribution in [1.29, 1.82) is 0 Å². The number of thiazole rings is 1. The van der Waals surface area contributed by atoms with E-state index in [1.807, 2.05) is 36.6 Å². The maximum Gasteiger partial charge on any atom is 0.228 e. The van der Waals surface area contributed by atoms with E-state index >= 15 is 0 Å². The summed E-state index contributed by atoms with van der Waals surface area (Å²) in [5, 5.41) is 6.67. The highest BCUT2D eigenvalue weighted by atomic mass is 32.1. The van der Waals surface area contributed by atoms with Crippen LogP contribution in [0.3, 0.4) is 0 Å². The number of benzene rings is 1. The Kier molecular flexibility index (Phi) is 5.39. The Morgan fingerprint density at radius 3 is 2.76 bits per heavy atom. The minimum atomic E-state index is -0.0782. The summed E-state index contributed by atoms with van der Waals surface area (Å²) in [5.74, 6) is 0.0970. The summed E-state index contributed by atoms with van der Waals surface area (Å²) in [6.45, 7) is 2.71. The van der Waals surface area contributed by atoms with Crippen LogP contribution in [0.4, 0.5) is 5.13 Å². The fourth-order valence-corrected chi connectivity index (χ4v) is 4.19. The molecule has 1 fully saturated rings. The molecule has 9 heteroatoms. The molecule has 0 N–H and O–H groups in total. The van der Waals surface area contributed by atoms with Gasteiger partial charge >= 0.3 is 0 Å². The molecule has 1 aliphatic rings. The maximum atomic E-state index is 12.8. The van der Waals surface area contributed by atoms with Crippen LogP contribution < -0.4 is 4.90 Å².